The van der Waals surface area contributed by atoms with E-state index >= 15 is 0 Å². The van der Waals surface area contributed by atoms with Gasteiger partial charge < -0.3 is 15.7 Å². The first-order valence-electron chi connectivity index (χ1n) is 8.13. The number of hydrogen-bond donors (Lipinski definition) is 3. The standard InChI is InChI=1S/C18H18ClN2O4PS/c19-14-2-3-16-15(6-14)13(10-27-16)9-26(24,25)8-12(18(22)23)5-11-1-4-17(20)21-7-11/h1-4,6-7,10,12H,5,8-9H2,(H2,20,21)(H,22,23)(H,24,25). The van der Waals surface area contributed by atoms with Crippen molar-refractivity contribution >= 4 is 52.2 Å². The normalized spacial score (nSPS) is 14.7. The Kier molecular flexibility index (Phi) is 5.86. The van der Waals surface area contributed by atoms with Gasteiger partial charge in [-0.1, -0.05) is 17.7 Å². The molecule has 3 aromatic rings. The molecule has 0 aliphatic carbocycles. The van der Waals surface area contributed by atoms with Crippen molar-refractivity contribution in [2.45, 2.75) is 12.6 Å². The second-order valence-electron chi connectivity index (χ2n) is 6.42. The van der Waals surface area contributed by atoms with Crippen LogP contribution in [0, 0.1) is 5.92 Å². The number of nitrogens with zero attached hydrogens (tertiary/aromatic N) is 1. The number of anilines is 1. The average Bonchev–Trinajstić information content (AvgIpc) is 2.97. The number of carboxylic acid groups (broad SMARTS) is 1. The van der Waals surface area contributed by atoms with Crippen molar-refractivity contribution in [2.24, 2.45) is 5.92 Å². The van der Waals surface area contributed by atoms with Crippen LogP contribution >= 0.6 is 30.3 Å². The number of rotatable bonds is 7. The van der Waals surface area contributed by atoms with Crippen molar-refractivity contribution in [3.8, 4) is 0 Å². The fourth-order valence-corrected chi connectivity index (χ4v) is 6.06. The number of fused-ring (bicyclic) bond motifs is 1. The predicted molar refractivity (Wildman–Crippen MR) is 109 cm³/mol. The molecule has 0 aliphatic heterocycles. The number of carbonyl (C=O) groups is 1. The van der Waals surface area contributed by atoms with Gasteiger partial charge in [0, 0.05) is 22.1 Å². The molecule has 3 rings (SSSR count). The summed E-state index contributed by atoms with van der Waals surface area (Å²) in [5.41, 5.74) is 6.90. The number of aromatic nitrogens is 1. The molecule has 0 fully saturated rings. The molecular formula is C18H18ClN2O4PS. The van der Waals surface area contributed by atoms with Crippen LogP contribution in [0.4, 0.5) is 5.82 Å². The number of halogens is 1. The lowest BCUT2D eigenvalue weighted by Crippen LogP contribution is -2.21. The predicted octanol–water partition coefficient (Wildman–Crippen LogP) is 4.25. The molecule has 0 amide bonds. The Bertz CT molecular complexity index is 1020. The second-order valence-corrected chi connectivity index (χ2v) is 10.1. The van der Waals surface area contributed by atoms with Gasteiger partial charge >= 0.3 is 5.97 Å². The maximum absolute atomic E-state index is 12.8. The number of pyridine rings is 1. The Labute approximate surface area is 165 Å². The average molecular weight is 425 g/mol. The highest BCUT2D eigenvalue weighted by Gasteiger charge is 2.30. The Morgan fingerprint density at radius 1 is 1.33 bits per heavy atom. The minimum atomic E-state index is -3.72. The Morgan fingerprint density at radius 2 is 2.11 bits per heavy atom. The van der Waals surface area contributed by atoms with Crippen LogP contribution in [-0.2, 0) is 21.9 Å². The lowest BCUT2D eigenvalue weighted by atomic mass is 10.0. The van der Waals surface area contributed by atoms with Crippen molar-refractivity contribution in [3.05, 3.63) is 58.1 Å². The number of nitrogens with two attached hydrogens (primary N) is 1. The molecule has 0 radical (unpaired) electrons. The first-order chi connectivity index (χ1) is 12.7. The summed E-state index contributed by atoms with van der Waals surface area (Å²) < 4.78 is 13.8. The summed E-state index contributed by atoms with van der Waals surface area (Å²) in [4.78, 5) is 26.0. The van der Waals surface area contributed by atoms with Gasteiger partial charge in [-0.3, -0.25) is 9.36 Å². The SMILES string of the molecule is Nc1ccc(CC(CP(=O)(O)Cc2csc3ccc(Cl)cc23)C(=O)O)cn1. The number of carboxylic acids is 1. The molecular weight excluding hydrogens is 407 g/mol. The zero-order chi connectivity index (χ0) is 19.6. The molecule has 2 unspecified atom stereocenters. The number of thiophene rings is 1. The van der Waals surface area contributed by atoms with Gasteiger partial charge in [0.25, 0.3) is 0 Å². The quantitative estimate of drug-likeness (QED) is 0.489. The molecule has 2 heterocycles. The topological polar surface area (TPSA) is 114 Å². The van der Waals surface area contributed by atoms with Gasteiger partial charge in [-0.15, -0.1) is 11.3 Å². The van der Waals surface area contributed by atoms with E-state index in [1.54, 1.807) is 24.3 Å². The van der Waals surface area contributed by atoms with Crippen molar-refractivity contribution in [2.75, 3.05) is 11.9 Å². The zero-order valence-corrected chi connectivity index (χ0v) is 16.7. The van der Waals surface area contributed by atoms with Gasteiger partial charge in [-0.05, 0) is 52.6 Å². The smallest absolute Gasteiger partial charge is 0.307 e. The molecule has 0 spiro atoms. The fraction of sp³-hybridized carbons (Fsp3) is 0.222. The second kappa shape index (κ2) is 7.98. The monoisotopic (exact) mass is 424 g/mol. The van der Waals surface area contributed by atoms with Gasteiger partial charge in [-0.2, -0.15) is 0 Å². The third-order valence-corrected chi connectivity index (χ3v) is 7.31. The highest BCUT2D eigenvalue weighted by atomic mass is 35.5. The summed E-state index contributed by atoms with van der Waals surface area (Å²) in [5.74, 6) is -1.76. The van der Waals surface area contributed by atoms with Crippen LogP contribution in [0.3, 0.4) is 0 Å². The maximum atomic E-state index is 12.8. The number of nitrogen functional groups attached to an aromatic ring is 1. The molecule has 0 saturated heterocycles. The molecule has 0 aliphatic rings. The van der Waals surface area contributed by atoms with E-state index in [-0.39, 0.29) is 18.7 Å². The molecule has 9 heteroatoms. The minimum absolute atomic E-state index is 0.0862. The summed E-state index contributed by atoms with van der Waals surface area (Å²) in [7, 11) is -3.72. The third-order valence-electron chi connectivity index (χ3n) is 4.22. The molecule has 1 aromatic carbocycles. The first-order valence-corrected chi connectivity index (χ1v) is 11.4. The van der Waals surface area contributed by atoms with Gasteiger partial charge in [0.2, 0.25) is 7.37 Å². The van der Waals surface area contributed by atoms with E-state index in [0.717, 1.165) is 10.1 Å². The van der Waals surface area contributed by atoms with E-state index < -0.39 is 19.3 Å². The molecule has 0 saturated carbocycles. The van der Waals surface area contributed by atoms with E-state index in [4.69, 9.17) is 17.3 Å². The van der Waals surface area contributed by atoms with Crippen LogP contribution in [0.5, 0.6) is 0 Å². The van der Waals surface area contributed by atoms with E-state index in [2.05, 4.69) is 4.98 Å². The highest BCUT2D eigenvalue weighted by Crippen LogP contribution is 2.48. The summed E-state index contributed by atoms with van der Waals surface area (Å²) in [6.07, 6.45) is 1.20. The van der Waals surface area contributed by atoms with Crippen molar-refractivity contribution < 1.29 is 19.4 Å². The zero-order valence-electron chi connectivity index (χ0n) is 14.2. The molecule has 2 aromatic heterocycles. The summed E-state index contributed by atoms with van der Waals surface area (Å²) in [6.45, 7) is 0. The van der Waals surface area contributed by atoms with E-state index in [1.165, 1.54) is 17.5 Å². The van der Waals surface area contributed by atoms with Crippen molar-refractivity contribution in [3.63, 3.8) is 0 Å². The summed E-state index contributed by atoms with van der Waals surface area (Å²) >= 11 is 7.49. The highest BCUT2D eigenvalue weighted by molar-refractivity contribution is 7.57. The Hall–Kier alpha value is -1.92. The maximum Gasteiger partial charge on any atom is 0.307 e. The number of hydrogen-bond acceptors (Lipinski definition) is 5. The van der Waals surface area contributed by atoms with E-state index in [1.807, 2.05) is 11.4 Å². The van der Waals surface area contributed by atoms with Gasteiger partial charge in [0.05, 0.1) is 12.1 Å². The van der Waals surface area contributed by atoms with Crippen LogP contribution < -0.4 is 5.73 Å². The van der Waals surface area contributed by atoms with Gasteiger partial charge in [0.1, 0.15) is 5.82 Å². The molecule has 2 atom stereocenters. The van der Waals surface area contributed by atoms with Gasteiger partial charge in [-0.25, -0.2) is 4.98 Å². The molecule has 0 bridgehead atoms. The molecule has 142 valence electrons. The van der Waals surface area contributed by atoms with Crippen molar-refractivity contribution in [1.29, 1.82) is 0 Å². The lowest BCUT2D eigenvalue weighted by molar-refractivity contribution is -0.141. The largest absolute Gasteiger partial charge is 0.481 e. The van der Waals surface area contributed by atoms with E-state index in [0.29, 0.717) is 22.0 Å². The summed E-state index contributed by atoms with van der Waals surface area (Å²) in [5, 5.41) is 12.7. The lowest BCUT2D eigenvalue weighted by Gasteiger charge is -2.17. The molecule has 4 N–H and O–H groups in total. The molecule has 27 heavy (non-hydrogen) atoms. The van der Waals surface area contributed by atoms with Crippen LogP contribution in [-0.4, -0.2) is 27.1 Å². The number of aliphatic carboxylic acids is 1. The Morgan fingerprint density at radius 3 is 2.78 bits per heavy atom. The fourth-order valence-electron chi connectivity index (χ4n) is 2.92. The first kappa shape index (κ1) is 19.8. The Balaban J connectivity index is 1.77. The van der Waals surface area contributed by atoms with Crippen molar-refractivity contribution in [1.82, 2.24) is 4.98 Å². The van der Waals surface area contributed by atoms with Crippen LogP contribution in [0.2, 0.25) is 5.02 Å². The van der Waals surface area contributed by atoms with Gasteiger partial charge in [0.15, 0.2) is 0 Å². The number of benzene rings is 1. The van der Waals surface area contributed by atoms with Crippen LogP contribution in [0.15, 0.2) is 41.9 Å². The minimum Gasteiger partial charge on any atom is -0.481 e. The molecule has 6 nitrogen and oxygen atoms in total. The summed E-state index contributed by atoms with van der Waals surface area (Å²) in [6, 6.07) is 8.65. The van der Waals surface area contributed by atoms with E-state index in [9.17, 15) is 19.4 Å². The van der Waals surface area contributed by atoms with Crippen LogP contribution in [0.1, 0.15) is 11.1 Å². The third kappa shape index (κ3) is 5.08. The van der Waals surface area contributed by atoms with Crippen LogP contribution in [0.25, 0.3) is 10.1 Å².